The van der Waals surface area contributed by atoms with Crippen LogP contribution in [-0.4, -0.2) is 49.0 Å². The minimum Gasteiger partial charge on any atom is -0.508 e. The summed E-state index contributed by atoms with van der Waals surface area (Å²) in [6.07, 6.45) is 10.8. The van der Waals surface area contributed by atoms with Crippen molar-refractivity contribution in [1.82, 2.24) is 9.97 Å². The summed E-state index contributed by atoms with van der Waals surface area (Å²) in [4.78, 5) is 24.3. The highest BCUT2D eigenvalue weighted by molar-refractivity contribution is 6.02. The minimum atomic E-state index is -0.310. The summed E-state index contributed by atoms with van der Waals surface area (Å²) < 4.78 is 0. The van der Waals surface area contributed by atoms with Gasteiger partial charge in [-0.3, -0.25) is 4.79 Å². The van der Waals surface area contributed by atoms with Crippen molar-refractivity contribution in [1.29, 1.82) is 0 Å². The quantitative estimate of drug-likeness (QED) is 0.462. The predicted octanol–water partition coefficient (Wildman–Crippen LogP) is 3.35. The van der Waals surface area contributed by atoms with Gasteiger partial charge >= 0.3 is 0 Å². The standard InChI is InChI=1S/C21H24N4O2/c1-24(2)20-11-7-16(14-22-20)5-9-18(26)13-19(27)10-6-17-8-12-21(23-15-17)25(3)4/h5-15,26H,1-4H3/b9-5+,10-6+,18-13-. The number of ketones is 1. The zero-order valence-corrected chi connectivity index (χ0v) is 16.0. The number of aliphatic hydroxyl groups is 1. The molecule has 6 nitrogen and oxygen atoms in total. The summed E-state index contributed by atoms with van der Waals surface area (Å²) in [7, 11) is 7.65. The number of aliphatic hydroxyl groups excluding tert-OH is 1. The highest BCUT2D eigenvalue weighted by Gasteiger charge is 1.98. The average molecular weight is 364 g/mol. The molecule has 27 heavy (non-hydrogen) atoms. The maximum Gasteiger partial charge on any atom is 0.182 e. The fourth-order valence-electron chi connectivity index (χ4n) is 2.12. The van der Waals surface area contributed by atoms with Crippen LogP contribution in [-0.2, 0) is 4.79 Å². The molecule has 140 valence electrons. The van der Waals surface area contributed by atoms with E-state index < -0.39 is 0 Å². The molecule has 0 radical (unpaired) electrons. The number of aromatic nitrogens is 2. The smallest absolute Gasteiger partial charge is 0.182 e. The summed E-state index contributed by atoms with van der Waals surface area (Å²) in [5.74, 6) is 1.26. The molecule has 0 unspecified atom stereocenters. The van der Waals surface area contributed by atoms with E-state index in [0.717, 1.165) is 28.8 Å². The Balaban J connectivity index is 1.96. The second kappa shape index (κ2) is 9.33. The van der Waals surface area contributed by atoms with Crippen molar-refractivity contribution in [3.8, 4) is 0 Å². The van der Waals surface area contributed by atoms with Crippen molar-refractivity contribution in [2.75, 3.05) is 38.0 Å². The summed E-state index contributed by atoms with van der Waals surface area (Å²) in [5.41, 5.74) is 1.64. The van der Waals surface area contributed by atoms with Crippen LogP contribution in [0.4, 0.5) is 11.6 Å². The second-order valence-corrected chi connectivity index (χ2v) is 6.33. The number of allylic oxidation sites excluding steroid dienone is 3. The van der Waals surface area contributed by atoms with Gasteiger partial charge in [-0.05, 0) is 59.7 Å². The Kier molecular flexibility index (Phi) is 6.88. The number of hydrogen-bond donors (Lipinski definition) is 1. The lowest BCUT2D eigenvalue weighted by molar-refractivity contribution is -0.110. The molecule has 0 aliphatic heterocycles. The van der Waals surface area contributed by atoms with E-state index in [1.807, 2.05) is 62.3 Å². The Morgan fingerprint density at radius 1 is 0.852 bits per heavy atom. The molecule has 0 aliphatic carbocycles. The topological polar surface area (TPSA) is 69.6 Å². The van der Waals surface area contributed by atoms with Gasteiger partial charge in [-0.15, -0.1) is 0 Å². The Labute approximate surface area is 159 Å². The van der Waals surface area contributed by atoms with Crippen molar-refractivity contribution >= 4 is 29.6 Å². The van der Waals surface area contributed by atoms with Crippen LogP contribution < -0.4 is 9.80 Å². The second-order valence-electron chi connectivity index (χ2n) is 6.33. The lowest BCUT2D eigenvalue weighted by atomic mass is 10.2. The first-order valence-corrected chi connectivity index (χ1v) is 8.42. The Morgan fingerprint density at radius 3 is 1.74 bits per heavy atom. The van der Waals surface area contributed by atoms with Gasteiger partial charge in [0.25, 0.3) is 0 Å². The molecule has 2 aromatic rings. The lowest BCUT2D eigenvalue weighted by Gasteiger charge is -2.10. The number of anilines is 2. The molecule has 0 atom stereocenters. The van der Waals surface area contributed by atoms with E-state index in [0.29, 0.717) is 0 Å². The maximum absolute atomic E-state index is 11.9. The molecule has 0 amide bonds. The van der Waals surface area contributed by atoms with Gasteiger partial charge in [0.05, 0.1) is 0 Å². The van der Waals surface area contributed by atoms with Crippen LogP contribution in [0.2, 0.25) is 0 Å². The largest absolute Gasteiger partial charge is 0.508 e. The summed E-state index contributed by atoms with van der Waals surface area (Å²) in [6.45, 7) is 0. The molecule has 0 saturated heterocycles. The van der Waals surface area contributed by atoms with Crippen LogP contribution >= 0.6 is 0 Å². The molecular weight excluding hydrogens is 340 g/mol. The molecule has 0 bridgehead atoms. The number of carbonyl (C=O) groups is 1. The van der Waals surface area contributed by atoms with Crippen molar-refractivity contribution in [2.24, 2.45) is 0 Å². The van der Waals surface area contributed by atoms with E-state index in [4.69, 9.17) is 0 Å². The molecule has 0 spiro atoms. The van der Waals surface area contributed by atoms with Crippen LogP contribution in [0.15, 0.2) is 60.6 Å². The van der Waals surface area contributed by atoms with Crippen LogP contribution in [0.3, 0.4) is 0 Å². The molecule has 2 rings (SSSR count). The number of pyridine rings is 2. The molecule has 1 N–H and O–H groups in total. The highest BCUT2D eigenvalue weighted by Crippen LogP contribution is 2.11. The van der Waals surface area contributed by atoms with E-state index >= 15 is 0 Å². The highest BCUT2D eigenvalue weighted by atomic mass is 16.3. The van der Waals surface area contributed by atoms with E-state index in [9.17, 15) is 9.90 Å². The van der Waals surface area contributed by atoms with Crippen molar-refractivity contribution < 1.29 is 9.90 Å². The minimum absolute atomic E-state index is 0.123. The van der Waals surface area contributed by atoms with E-state index in [1.165, 1.54) is 12.2 Å². The van der Waals surface area contributed by atoms with E-state index in [-0.39, 0.29) is 11.5 Å². The number of hydrogen-bond acceptors (Lipinski definition) is 6. The number of nitrogens with zero attached hydrogens (tertiary/aromatic N) is 4. The number of rotatable bonds is 7. The summed E-state index contributed by atoms with van der Waals surface area (Å²) in [6, 6.07) is 7.51. The van der Waals surface area contributed by atoms with Crippen LogP contribution in [0, 0.1) is 0 Å². The fraction of sp³-hybridized carbons (Fsp3) is 0.190. The normalized spacial score (nSPS) is 11.9. The van der Waals surface area contributed by atoms with Gasteiger partial charge in [-0.25, -0.2) is 9.97 Å². The maximum atomic E-state index is 11.9. The van der Waals surface area contributed by atoms with Gasteiger partial charge in [0, 0.05) is 46.7 Å². The molecule has 2 aromatic heterocycles. The van der Waals surface area contributed by atoms with Gasteiger partial charge < -0.3 is 14.9 Å². The Hall–Kier alpha value is -3.41. The molecule has 0 saturated carbocycles. The third-order valence-corrected chi connectivity index (χ3v) is 3.63. The van der Waals surface area contributed by atoms with Crippen molar-refractivity contribution in [3.05, 3.63) is 71.8 Å². The third kappa shape index (κ3) is 6.43. The SMILES string of the molecule is CN(C)c1ccc(/C=C/C(=O)/C=C(O)/C=C/c2ccc(N(C)C)nc2)cn1. The fourth-order valence-corrected chi connectivity index (χ4v) is 2.12. The first kappa shape index (κ1) is 19.9. The molecule has 2 heterocycles. The zero-order chi connectivity index (χ0) is 19.8. The van der Waals surface area contributed by atoms with Crippen molar-refractivity contribution in [3.63, 3.8) is 0 Å². The van der Waals surface area contributed by atoms with Gasteiger partial charge in [-0.2, -0.15) is 0 Å². The van der Waals surface area contributed by atoms with Gasteiger partial charge in [-0.1, -0.05) is 0 Å². The predicted molar refractivity (Wildman–Crippen MR) is 111 cm³/mol. The van der Waals surface area contributed by atoms with Crippen molar-refractivity contribution in [2.45, 2.75) is 0 Å². The van der Waals surface area contributed by atoms with E-state index in [2.05, 4.69) is 9.97 Å². The van der Waals surface area contributed by atoms with Gasteiger partial charge in [0.1, 0.15) is 17.4 Å². The Bertz CT molecular complexity index is 849. The molecular formula is C21H24N4O2. The van der Waals surface area contributed by atoms with Gasteiger partial charge in [0.2, 0.25) is 0 Å². The van der Waals surface area contributed by atoms with Crippen LogP contribution in [0.1, 0.15) is 11.1 Å². The molecule has 0 fully saturated rings. The van der Waals surface area contributed by atoms with Crippen LogP contribution in [0.5, 0.6) is 0 Å². The molecule has 6 heteroatoms. The first-order chi connectivity index (χ1) is 12.8. The van der Waals surface area contributed by atoms with E-state index in [1.54, 1.807) is 24.5 Å². The Morgan fingerprint density at radius 2 is 1.33 bits per heavy atom. The zero-order valence-electron chi connectivity index (χ0n) is 16.0. The van der Waals surface area contributed by atoms with Crippen LogP contribution in [0.25, 0.3) is 12.2 Å². The first-order valence-electron chi connectivity index (χ1n) is 8.42. The summed E-state index contributed by atoms with van der Waals surface area (Å²) in [5, 5.41) is 9.89. The summed E-state index contributed by atoms with van der Waals surface area (Å²) >= 11 is 0. The third-order valence-electron chi connectivity index (χ3n) is 3.63. The molecule has 0 aliphatic rings. The molecule has 0 aromatic carbocycles. The monoisotopic (exact) mass is 364 g/mol. The number of carbonyl (C=O) groups excluding carboxylic acids is 1. The lowest BCUT2D eigenvalue weighted by Crippen LogP contribution is -2.09. The average Bonchev–Trinajstić information content (AvgIpc) is 2.65. The van der Waals surface area contributed by atoms with Gasteiger partial charge in [0.15, 0.2) is 5.78 Å².